The molecular weight excluding hydrogens is 336 g/mol. The van der Waals surface area contributed by atoms with Crippen molar-refractivity contribution in [1.29, 1.82) is 0 Å². The van der Waals surface area contributed by atoms with Crippen molar-refractivity contribution in [3.63, 3.8) is 0 Å². The quantitative estimate of drug-likeness (QED) is 0.299. The van der Waals surface area contributed by atoms with Gasteiger partial charge in [0.2, 0.25) is 0 Å². The highest BCUT2D eigenvalue weighted by Gasteiger charge is 2.13. The van der Waals surface area contributed by atoms with Crippen molar-refractivity contribution in [2.24, 2.45) is 5.16 Å². The van der Waals surface area contributed by atoms with E-state index in [9.17, 15) is 0 Å². The number of hydrogen-bond donors (Lipinski definition) is 1. The Balaban J connectivity index is 1.65. The van der Waals surface area contributed by atoms with Crippen LogP contribution in [0.5, 0.6) is 5.75 Å². The minimum atomic E-state index is 0.544. The van der Waals surface area contributed by atoms with Gasteiger partial charge in [-0.2, -0.15) is 0 Å². The van der Waals surface area contributed by atoms with Crippen LogP contribution < -0.4 is 4.74 Å². The van der Waals surface area contributed by atoms with Crippen LogP contribution in [0.2, 0.25) is 0 Å². The Bertz CT molecular complexity index is 1080. The smallest absolute Gasteiger partial charge is 0.119 e. The second kappa shape index (κ2) is 7.38. The summed E-state index contributed by atoms with van der Waals surface area (Å²) in [5.41, 5.74) is 5.18. The summed E-state index contributed by atoms with van der Waals surface area (Å²) in [6, 6.07) is 26.3. The molecule has 4 nitrogen and oxygen atoms in total. The topological polar surface area (TPSA) is 46.8 Å². The normalized spacial score (nSPS) is 11.3. The average Bonchev–Trinajstić information content (AvgIpc) is 3.00. The molecule has 1 heterocycles. The molecule has 4 heteroatoms. The standard InChI is InChI=1S/C23H20N2O2/c1-17-22(15-24-26)21-9-5-6-10-23(21)25(17)19-11-13-20(14-12-19)27-16-18-7-3-2-4-8-18/h2-15,26H,16H2,1H3/b24-15+. The Kier molecular flexibility index (Phi) is 4.62. The molecule has 134 valence electrons. The summed E-state index contributed by atoms with van der Waals surface area (Å²) in [4.78, 5) is 0. The molecule has 0 radical (unpaired) electrons. The number of para-hydroxylation sites is 1. The van der Waals surface area contributed by atoms with Crippen LogP contribution in [0.3, 0.4) is 0 Å². The Morgan fingerprint density at radius 3 is 2.37 bits per heavy atom. The molecule has 0 bridgehead atoms. The van der Waals surface area contributed by atoms with Crippen LogP contribution in [-0.4, -0.2) is 16.0 Å². The molecule has 0 amide bonds. The van der Waals surface area contributed by atoms with Gasteiger partial charge in [0.05, 0.1) is 11.7 Å². The lowest BCUT2D eigenvalue weighted by Crippen LogP contribution is -1.99. The molecule has 0 unspecified atom stereocenters. The van der Waals surface area contributed by atoms with Gasteiger partial charge in [-0.15, -0.1) is 0 Å². The van der Waals surface area contributed by atoms with Gasteiger partial charge in [-0.25, -0.2) is 0 Å². The van der Waals surface area contributed by atoms with E-state index in [4.69, 9.17) is 9.94 Å². The number of ether oxygens (including phenoxy) is 1. The van der Waals surface area contributed by atoms with E-state index in [1.165, 1.54) is 6.21 Å². The fourth-order valence-electron chi connectivity index (χ4n) is 3.38. The van der Waals surface area contributed by atoms with Gasteiger partial charge in [0.15, 0.2) is 0 Å². The predicted octanol–water partition coefficient (Wildman–Crippen LogP) is 5.33. The van der Waals surface area contributed by atoms with Crippen molar-refractivity contribution in [1.82, 2.24) is 4.57 Å². The number of oxime groups is 1. The van der Waals surface area contributed by atoms with E-state index in [0.29, 0.717) is 6.61 Å². The molecule has 0 spiro atoms. The van der Waals surface area contributed by atoms with Gasteiger partial charge < -0.3 is 14.5 Å². The van der Waals surface area contributed by atoms with Crippen LogP contribution in [-0.2, 0) is 6.61 Å². The molecule has 0 aliphatic rings. The summed E-state index contributed by atoms with van der Waals surface area (Å²) in [6.07, 6.45) is 1.49. The summed E-state index contributed by atoms with van der Waals surface area (Å²) in [6.45, 7) is 2.57. The second-order valence-corrected chi connectivity index (χ2v) is 6.36. The van der Waals surface area contributed by atoms with Crippen molar-refractivity contribution in [3.8, 4) is 11.4 Å². The Morgan fingerprint density at radius 2 is 1.63 bits per heavy atom. The highest BCUT2D eigenvalue weighted by Crippen LogP contribution is 2.29. The third kappa shape index (κ3) is 3.29. The summed E-state index contributed by atoms with van der Waals surface area (Å²) in [5, 5.41) is 13.3. The van der Waals surface area contributed by atoms with E-state index >= 15 is 0 Å². The number of fused-ring (bicyclic) bond motifs is 1. The molecule has 0 atom stereocenters. The van der Waals surface area contributed by atoms with Crippen molar-refractivity contribution >= 4 is 17.1 Å². The highest BCUT2D eigenvalue weighted by molar-refractivity contribution is 6.01. The first-order valence-corrected chi connectivity index (χ1v) is 8.82. The van der Waals surface area contributed by atoms with Gasteiger partial charge in [0.25, 0.3) is 0 Å². The molecule has 0 aliphatic carbocycles. The highest BCUT2D eigenvalue weighted by atomic mass is 16.5. The fraction of sp³-hybridized carbons (Fsp3) is 0.0870. The largest absolute Gasteiger partial charge is 0.489 e. The molecule has 4 rings (SSSR count). The second-order valence-electron chi connectivity index (χ2n) is 6.36. The molecule has 3 aromatic carbocycles. The Hall–Kier alpha value is -3.53. The first kappa shape index (κ1) is 16.9. The maximum atomic E-state index is 9.02. The SMILES string of the molecule is Cc1c(/C=N/O)c2ccccc2n1-c1ccc(OCc2ccccc2)cc1. The lowest BCUT2D eigenvalue weighted by atomic mass is 10.1. The van der Waals surface area contributed by atoms with E-state index in [0.717, 1.165) is 39.2 Å². The molecule has 0 saturated heterocycles. The van der Waals surface area contributed by atoms with Gasteiger partial charge >= 0.3 is 0 Å². The third-order valence-corrected chi connectivity index (χ3v) is 4.69. The minimum Gasteiger partial charge on any atom is -0.489 e. The van der Waals surface area contributed by atoms with E-state index in [1.54, 1.807) is 0 Å². The molecule has 0 saturated carbocycles. The summed E-state index contributed by atoms with van der Waals surface area (Å²) >= 11 is 0. The van der Waals surface area contributed by atoms with Crippen LogP contribution in [0, 0.1) is 6.92 Å². The first-order valence-electron chi connectivity index (χ1n) is 8.82. The van der Waals surface area contributed by atoms with Crippen LogP contribution in [0.4, 0.5) is 0 Å². The van der Waals surface area contributed by atoms with Crippen molar-refractivity contribution in [2.45, 2.75) is 13.5 Å². The fourth-order valence-corrected chi connectivity index (χ4v) is 3.38. The van der Waals surface area contributed by atoms with Gasteiger partial charge in [-0.1, -0.05) is 53.7 Å². The molecule has 4 aromatic rings. The lowest BCUT2D eigenvalue weighted by Gasteiger charge is -2.11. The van der Waals surface area contributed by atoms with Crippen LogP contribution >= 0.6 is 0 Å². The van der Waals surface area contributed by atoms with Crippen molar-refractivity contribution < 1.29 is 9.94 Å². The average molecular weight is 356 g/mol. The first-order chi connectivity index (χ1) is 13.3. The molecule has 0 aliphatic heterocycles. The Morgan fingerprint density at radius 1 is 0.926 bits per heavy atom. The number of aromatic nitrogens is 1. The van der Waals surface area contributed by atoms with Gasteiger partial charge in [0.1, 0.15) is 12.4 Å². The zero-order valence-corrected chi connectivity index (χ0v) is 15.0. The van der Waals surface area contributed by atoms with Crippen LogP contribution in [0.15, 0.2) is 84.0 Å². The maximum absolute atomic E-state index is 9.02. The lowest BCUT2D eigenvalue weighted by molar-refractivity contribution is 0.306. The van der Waals surface area contributed by atoms with Gasteiger partial charge in [0, 0.05) is 22.3 Å². The van der Waals surface area contributed by atoms with Crippen molar-refractivity contribution in [3.05, 3.63) is 95.7 Å². The van der Waals surface area contributed by atoms with E-state index < -0.39 is 0 Å². The molecule has 1 N–H and O–H groups in total. The molecule has 1 aromatic heterocycles. The molecular formula is C23H20N2O2. The summed E-state index contributed by atoms with van der Waals surface area (Å²) < 4.78 is 8.04. The van der Waals surface area contributed by atoms with Crippen LogP contribution in [0.25, 0.3) is 16.6 Å². The zero-order chi connectivity index (χ0) is 18.6. The number of hydrogen-bond acceptors (Lipinski definition) is 3. The van der Waals surface area contributed by atoms with E-state index in [1.807, 2.05) is 79.7 Å². The number of nitrogens with zero attached hydrogens (tertiary/aromatic N) is 2. The van der Waals surface area contributed by atoms with Crippen LogP contribution in [0.1, 0.15) is 16.8 Å². The van der Waals surface area contributed by atoms with Gasteiger partial charge in [-0.3, -0.25) is 0 Å². The monoisotopic (exact) mass is 356 g/mol. The summed E-state index contributed by atoms with van der Waals surface area (Å²) in [7, 11) is 0. The predicted molar refractivity (Wildman–Crippen MR) is 108 cm³/mol. The zero-order valence-electron chi connectivity index (χ0n) is 15.0. The van der Waals surface area contributed by atoms with E-state index in [-0.39, 0.29) is 0 Å². The number of benzene rings is 3. The Labute approximate surface area is 157 Å². The molecule has 0 fully saturated rings. The van der Waals surface area contributed by atoms with Crippen molar-refractivity contribution in [2.75, 3.05) is 0 Å². The van der Waals surface area contributed by atoms with E-state index in [2.05, 4.69) is 15.8 Å². The third-order valence-electron chi connectivity index (χ3n) is 4.69. The number of rotatable bonds is 5. The minimum absolute atomic E-state index is 0.544. The maximum Gasteiger partial charge on any atom is 0.119 e. The summed E-state index contributed by atoms with van der Waals surface area (Å²) in [5.74, 6) is 0.828. The van der Waals surface area contributed by atoms with Gasteiger partial charge in [-0.05, 0) is 42.8 Å². The molecule has 27 heavy (non-hydrogen) atoms.